The molecule has 0 fully saturated rings. The third-order valence-electron chi connectivity index (χ3n) is 9.35. The van der Waals surface area contributed by atoms with Gasteiger partial charge in [-0.05, 0) is 116 Å². The van der Waals surface area contributed by atoms with Crippen LogP contribution in [0.4, 0.5) is 0 Å². The first kappa shape index (κ1) is 25.8. The maximum Gasteiger partial charge on any atom is 0.0215 e. The third kappa shape index (κ3) is 4.12. The van der Waals surface area contributed by atoms with E-state index in [4.69, 9.17) is 0 Å². The lowest BCUT2D eigenvalue weighted by molar-refractivity contribution is 0.436. The van der Waals surface area contributed by atoms with Crippen LogP contribution in [-0.4, -0.2) is 0 Å². The molecule has 0 saturated carbocycles. The average Bonchev–Trinajstić information content (AvgIpc) is 3.24. The van der Waals surface area contributed by atoms with Gasteiger partial charge < -0.3 is 0 Å². The average molecular weight is 531 g/mol. The molecule has 1 aliphatic carbocycles. The highest BCUT2D eigenvalue weighted by molar-refractivity contribution is 6.00. The molecule has 7 rings (SSSR count). The fourth-order valence-corrected chi connectivity index (χ4v) is 7.75. The highest BCUT2D eigenvalue weighted by Gasteiger charge is 2.42. The standard InChI is InChI=1S/C41H38/c1-5-19-41(20-6-2)39-25-31(37-23-27(3)21-29-11-7-9-13-33(29)37)15-17-35(39)36-18-16-32(26-40(36)41)38-24-28(4)22-30-12-8-10-14-34(30)38/h7-18,21-26H,5-6,19-20H2,1-4H3. The first-order valence-corrected chi connectivity index (χ1v) is 15.3. The number of fused-ring (bicyclic) bond motifs is 5. The smallest absolute Gasteiger partial charge is 0.0215 e. The highest BCUT2D eigenvalue weighted by atomic mass is 14.4. The van der Waals surface area contributed by atoms with Crippen molar-refractivity contribution in [3.8, 4) is 33.4 Å². The summed E-state index contributed by atoms with van der Waals surface area (Å²) in [7, 11) is 0. The van der Waals surface area contributed by atoms with E-state index in [0.29, 0.717) is 0 Å². The largest absolute Gasteiger partial charge is 0.0653 e. The molecule has 0 aliphatic heterocycles. The zero-order valence-electron chi connectivity index (χ0n) is 24.7. The molecule has 0 atom stereocenters. The first-order valence-electron chi connectivity index (χ1n) is 15.3. The van der Waals surface area contributed by atoms with Gasteiger partial charge in [-0.25, -0.2) is 0 Å². The van der Waals surface area contributed by atoms with Crippen LogP contribution in [0, 0.1) is 13.8 Å². The molecule has 6 aromatic rings. The van der Waals surface area contributed by atoms with E-state index in [-0.39, 0.29) is 5.41 Å². The van der Waals surface area contributed by atoms with Crippen LogP contribution in [0.1, 0.15) is 61.8 Å². The minimum absolute atomic E-state index is 0.0272. The van der Waals surface area contributed by atoms with Crippen molar-refractivity contribution in [3.63, 3.8) is 0 Å². The molecule has 202 valence electrons. The van der Waals surface area contributed by atoms with E-state index < -0.39 is 0 Å². The monoisotopic (exact) mass is 530 g/mol. The molecule has 0 aromatic heterocycles. The van der Waals surface area contributed by atoms with Gasteiger partial charge in [0.2, 0.25) is 0 Å². The summed E-state index contributed by atoms with van der Waals surface area (Å²) in [4.78, 5) is 0. The Hall–Kier alpha value is -4.16. The van der Waals surface area contributed by atoms with Crippen LogP contribution in [0.15, 0.2) is 109 Å². The second-order valence-electron chi connectivity index (χ2n) is 12.2. The van der Waals surface area contributed by atoms with Crippen molar-refractivity contribution in [2.75, 3.05) is 0 Å². The van der Waals surface area contributed by atoms with E-state index in [1.54, 1.807) is 0 Å². The lowest BCUT2D eigenvalue weighted by Gasteiger charge is -2.32. The molecule has 0 heterocycles. The van der Waals surface area contributed by atoms with Crippen molar-refractivity contribution in [1.82, 2.24) is 0 Å². The Morgan fingerprint density at radius 1 is 0.463 bits per heavy atom. The molecule has 0 bridgehead atoms. The van der Waals surface area contributed by atoms with Gasteiger partial charge in [0.15, 0.2) is 0 Å². The lowest BCUT2D eigenvalue weighted by Crippen LogP contribution is -2.25. The molecule has 0 nitrogen and oxygen atoms in total. The van der Waals surface area contributed by atoms with Crippen molar-refractivity contribution < 1.29 is 0 Å². The molecule has 0 heteroatoms. The maximum absolute atomic E-state index is 2.55. The highest BCUT2D eigenvalue weighted by Crippen LogP contribution is 2.55. The molecule has 0 unspecified atom stereocenters. The molecule has 0 spiro atoms. The zero-order valence-corrected chi connectivity index (χ0v) is 24.7. The summed E-state index contributed by atoms with van der Waals surface area (Å²) in [6.07, 6.45) is 4.65. The van der Waals surface area contributed by atoms with Gasteiger partial charge in [0.1, 0.15) is 0 Å². The van der Waals surface area contributed by atoms with Gasteiger partial charge >= 0.3 is 0 Å². The number of hydrogen-bond donors (Lipinski definition) is 0. The van der Waals surface area contributed by atoms with Gasteiger partial charge in [0.25, 0.3) is 0 Å². The van der Waals surface area contributed by atoms with E-state index in [1.807, 2.05) is 0 Å². The molecule has 0 radical (unpaired) electrons. The van der Waals surface area contributed by atoms with Crippen molar-refractivity contribution in [3.05, 3.63) is 131 Å². The number of aryl methyl sites for hydroxylation is 2. The van der Waals surface area contributed by atoms with Crippen LogP contribution < -0.4 is 0 Å². The minimum atomic E-state index is 0.0272. The number of rotatable bonds is 6. The topological polar surface area (TPSA) is 0 Å². The van der Waals surface area contributed by atoms with Crippen molar-refractivity contribution in [2.24, 2.45) is 0 Å². The van der Waals surface area contributed by atoms with Crippen LogP contribution >= 0.6 is 0 Å². The normalized spacial score (nSPS) is 13.5. The van der Waals surface area contributed by atoms with Gasteiger partial charge in [-0.15, -0.1) is 0 Å². The van der Waals surface area contributed by atoms with E-state index >= 15 is 0 Å². The summed E-state index contributed by atoms with van der Waals surface area (Å²) in [5.41, 5.74) is 13.9. The van der Waals surface area contributed by atoms with Crippen molar-refractivity contribution >= 4 is 21.5 Å². The SMILES string of the molecule is CCCC1(CCC)c2cc(-c3cc(C)cc4ccccc34)ccc2-c2ccc(-c3cc(C)cc4ccccc34)cc21. The van der Waals surface area contributed by atoms with Gasteiger partial charge in [0, 0.05) is 5.41 Å². The maximum atomic E-state index is 2.55. The Bertz CT molecular complexity index is 1790. The van der Waals surface area contributed by atoms with Gasteiger partial charge in [-0.1, -0.05) is 124 Å². The third-order valence-corrected chi connectivity index (χ3v) is 9.35. The molecule has 6 aromatic carbocycles. The molecule has 0 amide bonds. The fraction of sp³-hybridized carbons (Fsp3) is 0.220. The Labute approximate surface area is 244 Å². The predicted molar refractivity (Wildman–Crippen MR) is 178 cm³/mol. The van der Waals surface area contributed by atoms with E-state index in [0.717, 1.165) is 25.7 Å². The van der Waals surface area contributed by atoms with Crippen LogP contribution in [0.25, 0.3) is 54.9 Å². The van der Waals surface area contributed by atoms with Gasteiger partial charge in [-0.2, -0.15) is 0 Å². The second kappa shape index (κ2) is 10.0. The van der Waals surface area contributed by atoms with Crippen LogP contribution in [0.3, 0.4) is 0 Å². The Kier molecular flexibility index (Phi) is 6.31. The van der Waals surface area contributed by atoms with Crippen molar-refractivity contribution in [1.29, 1.82) is 0 Å². The van der Waals surface area contributed by atoms with Crippen molar-refractivity contribution in [2.45, 2.75) is 58.8 Å². The number of hydrogen-bond acceptors (Lipinski definition) is 0. The number of benzene rings is 6. The van der Waals surface area contributed by atoms with Gasteiger partial charge in [0.05, 0.1) is 0 Å². The van der Waals surface area contributed by atoms with Crippen LogP contribution in [-0.2, 0) is 5.41 Å². The fourth-order valence-electron chi connectivity index (χ4n) is 7.75. The van der Waals surface area contributed by atoms with E-state index in [1.165, 1.54) is 77.2 Å². The van der Waals surface area contributed by atoms with Gasteiger partial charge in [-0.3, -0.25) is 0 Å². The molecular weight excluding hydrogens is 492 g/mol. The molecule has 0 saturated heterocycles. The summed E-state index contributed by atoms with van der Waals surface area (Å²) < 4.78 is 0. The summed E-state index contributed by atoms with van der Waals surface area (Å²) in [6.45, 7) is 9.14. The Morgan fingerprint density at radius 3 is 1.34 bits per heavy atom. The van der Waals surface area contributed by atoms with E-state index in [9.17, 15) is 0 Å². The summed E-state index contributed by atoms with van der Waals surface area (Å²) in [5, 5.41) is 5.29. The Morgan fingerprint density at radius 2 is 0.902 bits per heavy atom. The molecule has 41 heavy (non-hydrogen) atoms. The molecule has 0 N–H and O–H groups in total. The predicted octanol–water partition coefficient (Wildman–Crippen LogP) is 11.8. The Balaban J connectivity index is 1.45. The van der Waals surface area contributed by atoms with Crippen LogP contribution in [0.5, 0.6) is 0 Å². The quantitative estimate of drug-likeness (QED) is 0.201. The zero-order chi connectivity index (χ0) is 28.1. The summed E-state index contributed by atoms with van der Waals surface area (Å²) in [5.74, 6) is 0. The summed E-state index contributed by atoms with van der Waals surface area (Å²) >= 11 is 0. The molecular formula is C41H38. The lowest BCUT2D eigenvalue weighted by atomic mass is 9.70. The van der Waals surface area contributed by atoms with E-state index in [2.05, 4.69) is 137 Å². The summed E-state index contributed by atoms with van der Waals surface area (Å²) in [6, 6.07) is 41.6. The minimum Gasteiger partial charge on any atom is -0.0653 e. The van der Waals surface area contributed by atoms with Crippen LogP contribution in [0.2, 0.25) is 0 Å². The molecule has 1 aliphatic rings. The second-order valence-corrected chi connectivity index (χ2v) is 12.2. The first-order chi connectivity index (χ1) is 20.0.